The first-order valence-corrected chi connectivity index (χ1v) is 10.6. The summed E-state index contributed by atoms with van der Waals surface area (Å²) in [4.78, 5) is 13.8. The van der Waals surface area contributed by atoms with Crippen LogP contribution in [-0.4, -0.2) is 27.4 Å². The van der Waals surface area contributed by atoms with E-state index in [0.29, 0.717) is 16.9 Å². The standard InChI is InChI=1S/C18H20BrNO2S2.C2H7N/c1-5-7-11(3)24-17(6-2)18-13(10-21)12-8-14(19)15(20(4)23)9-16(12)22-18;1-3-2/h6-10,23H,5H2,1-4H3;3H,1-2H3/b11-7+,17-6-;. The van der Waals surface area contributed by atoms with E-state index in [2.05, 4.69) is 54.0 Å². The third-order valence-corrected chi connectivity index (χ3v) is 5.49. The minimum atomic E-state index is 0.573. The quantitative estimate of drug-likeness (QED) is 0.370. The van der Waals surface area contributed by atoms with Crippen molar-refractivity contribution in [3.05, 3.63) is 45.0 Å². The number of rotatable bonds is 6. The number of aldehydes is 1. The highest BCUT2D eigenvalue weighted by atomic mass is 79.9. The number of nitrogens with one attached hydrogen (secondary N) is 1. The number of hydrogen-bond donors (Lipinski definition) is 2. The van der Waals surface area contributed by atoms with E-state index in [1.54, 1.807) is 16.1 Å². The number of allylic oxidation sites excluding steroid dienone is 3. The van der Waals surface area contributed by atoms with Crippen LogP contribution in [0.25, 0.3) is 15.9 Å². The van der Waals surface area contributed by atoms with E-state index in [9.17, 15) is 4.79 Å². The molecule has 1 N–H and O–H groups in total. The van der Waals surface area contributed by atoms with Crippen molar-refractivity contribution in [3.63, 3.8) is 0 Å². The van der Waals surface area contributed by atoms with Crippen LogP contribution < -0.4 is 9.62 Å². The van der Waals surface area contributed by atoms with Crippen LogP contribution in [0.1, 0.15) is 43.3 Å². The largest absolute Gasteiger partial charge is 0.455 e. The lowest BCUT2D eigenvalue weighted by molar-refractivity contribution is 0.112. The number of thiol groups is 1. The van der Waals surface area contributed by atoms with Gasteiger partial charge < -0.3 is 14.0 Å². The zero-order valence-corrected chi connectivity index (χ0v) is 19.9. The maximum Gasteiger partial charge on any atom is 0.154 e. The first-order valence-electron chi connectivity index (χ1n) is 8.58. The molecule has 0 spiro atoms. The van der Waals surface area contributed by atoms with Crippen molar-refractivity contribution in [1.82, 2.24) is 5.32 Å². The molecule has 0 fully saturated rings. The van der Waals surface area contributed by atoms with Crippen molar-refractivity contribution in [2.45, 2.75) is 27.2 Å². The summed E-state index contributed by atoms with van der Waals surface area (Å²) < 4.78 is 8.60. The summed E-state index contributed by atoms with van der Waals surface area (Å²) in [5.41, 5.74) is 2.12. The van der Waals surface area contributed by atoms with E-state index in [4.69, 9.17) is 4.42 Å². The summed E-state index contributed by atoms with van der Waals surface area (Å²) in [6.07, 6.45) is 5.97. The molecule has 1 heterocycles. The summed E-state index contributed by atoms with van der Waals surface area (Å²) >= 11 is 9.48. The van der Waals surface area contributed by atoms with E-state index in [-0.39, 0.29) is 0 Å². The van der Waals surface area contributed by atoms with Gasteiger partial charge in [0.05, 0.1) is 16.2 Å². The van der Waals surface area contributed by atoms with Crippen molar-refractivity contribution >= 4 is 68.4 Å². The normalized spacial score (nSPS) is 12.0. The number of carbonyl (C=O) groups is 1. The Morgan fingerprint density at radius 1 is 1.41 bits per heavy atom. The monoisotopic (exact) mass is 470 g/mol. The number of anilines is 1. The molecule has 2 rings (SSSR count). The van der Waals surface area contributed by atoms with E-state index >= 15 is 0 Å². The Hall–Kier alpha value is -1.15. The van der Waals surface area contributed by atoms with Crippen molar-refractivity contribution < 1.29 is 9.21 Å². The lowest BCUT2D eigenvalue weighted by atomic mass is 10.1. The molecule has 0 amide bonds. The van der Waals surface area contributed by atoms with E-state index in [1.807, 2.05) is 46.3 Å². The van der Waals surface area contributed by atoms with Gasteiger partial charge in [0.15, 0.2) is 12.0 Å². The van der Waals surface area contributed by atoms with Gasteiger partial charge in [-0.15, -0.1) is 0 Å². The van der Waals surface area contributed by atoms with Gasteiger partial charge in [-0.05, 0) is 61.3 Å². The summed E-state index contributed by atoms with van der Waals surface area (Å²) in [6.45, 7) is 6.11. The highest BCUT2D eigenvalue weighted by molar-refractivity contribution is 9.10. The van der Waals surface area contributed by atoms with Crippen LogP contribution in [0.15, 0.2) is 38.1 Å². The maximum atomic E-state index is 11.7. The molecule has 0 aliphatic heterocycles. The van der Waals surface area contributed by atoms with Crippen LogP contribution in [0.5, 0.6) is 0 Å². The van der Waals surface area contributed by atoms with Crippen LogP contribution in [0.2, 0.25) is 0 Å². The molecule has 7 heteroatoms. The Morgan fingerprint density at radius 3 is 2.52 bits per heavy atom. The highest BCUT2D eigenvalue weighted by Crippen LogP contribution is 2.41. The topological polar surface area (TPSA) is 45.5 Å². The molecule has 0 atom stereocenters. The molecule has 27 heavy (non-hydrogen) atoms. The van der Waals surface area contributed by atoms with Crippen LogP contribution in [0, 0.1) is 0 Å². The first-order chi connectivity index (χ1) is 12.8. The SMILES string of the molecule is C/C=C(\S/C(C)=C/CC)c1oc2cc(N(C)S)c(Br)cc2c1C=O.CNC. The van der Waals surface area contributed by atoms with Gasteiger partial charge in [0.1, 0.15) is 5.58 Å². The Labute approximate surface area is 180 Å². The molecule has 0 unspecified atom stereocenters. The molecule has 2 aromatic rings. The molecule has 1 aromatic carbocycles. The smallest absolute Gasteiger partial charge is 0.154 e. The zero-order chi connectivity index (χ0) is 20.6. The number of benzene rings is 1. The average molecular weight is 471 g/mol. The molecule has 0 saturated carbocycles. The number of furan rings is 1. The summed E-state index contributed by atoms with van der Waals surface area (Å²) in [7, 11) is 5.59. The van der Waals surface area contributed by atoms with Gasteiger partial charge in [0.2, 0.25) is 0 Å². The Kier molecular flexibility index (Phi) is 10.3. The number of hydrogen-bond acceptors (Lipinski definition) is 6. The number of carbonyl (C=O) groups excluding carboxylic acids is 1. The number of thioether (sulfide) groups is 1. The number of halogens is 1. The summed E-state index contributed by atoms with van der Waals surface area (Å²) in [6, 6.07) is 3.79. The highest BCUT2D eigenvalue weighted by Gasteiger charge is 2.20. The third kappa shape index (κ3) is 6.17. The van der Waals surface area contributed by atoms with Gasteiger partial charge >= 0.3 is 0 Å². The average Bonchev–Trinajstić information content (AvgIpc) is 2.96. The second-order valence-electron chi connectivity index (χ2n) is 5.76. The predicted octanol–water partition coefficient (Wildman–Crippen LogP) is 6.53. The van der Waals surface area contributed by atoms with Gasteiger partial charge in [0, 0.05) is 23.0 Å². The van der Waals surface area contributed by atoms with E-state index in [0.717, 1.165) is 33.2 Å². The van der Waals surface area contributed by atoms with Crippen LogP contribution in [0.3, 0.4) is 0 Å². The van der Waals surface area contributed by atoms with Gasteiger partial charge in [-0.1, -0.05) is 43.7 Å². The molecule has 1 aromatic heterocycles. The molecular weight excluding hydrogens is 444 g/mol. The number of nitrogens with zero attached hydrogens (tertiary/aromatic N) is 1. The predicted molar refractivity (Wildman–Crippen MR) is 127 cm³/mol. The fraction of sp³-hybridized carbons (Fsp3) is 0.350. The van der Waals surface area contributed by atoms with E-state index < -0.39 is 0 Å². The second-order valence-corrected chi connectivity index (χ2v) is 8.51. The van der Waals surface area contributed by atoms with Crippen molar-refractivity contribution in [2.75, 3.05) is 25.4 Å². The van der Waals surface area contributed by atoms with Crippen LogP contribution in [-0.2, 0) is 0 Å². The molecule has 0 aliphatic rings. The molecule has 0 saturated heterocycles. The Bertz CT molecular complexity index is 842. The molecule has 0 radical (unpaired) electrons. The Morgan fingerprint density at radius 2 is 2.04 bits per heavy atom. The summed E-state index contributed by atoms with van der Waals surface area (Å²) in [5.74, 6) is 0.613. The van der Waals surface area contributed by atoms with Crippen molar-refractivity contribution in [2.24, 2.45) is 0 Å². The molecule has 4 nitrogen and oxygen atoms in total. The summed E-state index contributed by atoms with van der Waals surface area (Å²) in [5, 5.41) is 3.54. The Balaban J connectivity index is 0.00000114. The van der Waals surface area contributed by atoms with Gasteiger partial charge in [-0.3, -0.25) is 4.79 Å². The third-order valence-electron chi connectivity index (χ3n) is 3.51. The fourth-order valence-corrected chi connectivity index (χ4v) is 4.28. The number of fused-ring (bicyclic) bond motifs is 1. The lowest BCUT2D eigenvalue weighted by Gasteiger charge is -2.12. The fourth-order valence-electron chi connectivity index (χ4n) is 2.41. The van der Waals surface area contributed by atoms with Gasteiger partial charge in [-0.2, -0.15) is 0 Å². The molecular formula is C20H27BrN2O2S2. The van der Waals surface area contributed by atoms with Gasteiger partial charge in [-0.25, -0.2) is 0 Å². The van der Waals surface area contributed by atoms with Crippen LogP contribution in [0.4, 0.5) is 5.69 Å². The van der Waals surface area contributed by atoms with Gasteiger partial charge in [0.25, 0.3) is 0 Å². The first kappa shape index (κ1) is 23.9. The van der Waals surface area contributed by atoms with E-state index in [1.165, 1.54) is 4.91 Å². The van der Waals surface area contributed by atoms with Crippen molar-refractivity contribution in [3.8, 4) is 0 Å². The zero-order valence-electron chi connectivity index (χ0n) is 16.6. The van der Waals surface area contributed by atoms with Crippen molar-refractivity contribution in [1.29, 1.82) is 0 Å². The minimum absolute atomic E-state index is 0.573. The maximum absolute atomic E-state index is 11.7. The second kappa shape index (κ2) is 11.6. The van der Waals surface area contributed by atoms with Crippen LogP contribution >= 0.6 is 40.5 Å². The molecule has 0 bridgehead atoms. The molecule has 0 aliphatic carbocycles. The molecule has 148 valence electrons. The minimum Gasteiger partial charge on any atom is -0.455 e. The lowest BCUT2D eigenvalue weighted by Crippen LogP contribution is -2.01.